The molecule has 0 spiro atoms. The first-order chi connectivity index (χ1) is 9.86. The third-order valence-electron chi connectivity index (χ3n) is 3.08. The third kappa shape index (κ3) is 3.24. The molecule has 1 aromatic carbocycles. The van der Waals surface area contributed by atoms with Gasteiger partial charge in [0.15, 0.2) is 0 Å². The van der Waals surface area contributed by atoms with Gasteiger partial charge in [0.1, 0.15) is 17.3 Å². The number of nitrogens with zero attached hydrogens (tertiary/aromatic N) is 1. The van der Waals surface area contributed by atoms with E-state index in [4.69, 9.17) is 5.73 Å². The van der Waals surface area contributed by atoms with Crippen LogP contribution in [0.15, 0.2) is 41.0 Å². The summed E-state index contributed by atoms with van der Waals surface area (Å²) >= 11 is 3.10. The topological polar surface area (TPSA) is 38.9 Å². The summed E-state index contributed by atoms with van der Waals surface area (Å²) < 4.78 is 56.2. The Labute approximate surface area is 127 Å². The Kier molecular flexibility index (Phi) is 4.63. The Morgan fingerprint density at radius 1 is 1.19 bits per heavy atom. The second-order valence-corrected chi connectivity index (χ2v) is 5.35. The van der Waals surface area contributed by atoms with Crippen LogP contribution in [0, 0.1) is 11.6 Å². The van der Waals surface area contributed by atoms with E-state index in [0.29, 0.717) is 10.5 Å². The van der Waals surface area contributed by atoms with Gasteiger partial charge in [-0.25, -0.2) is 8.78 Å². The molecule has 0 saturated heterocycles. The average molecular weight is 363 g/mol. The molecule has 0 aliphatic heterocycles. The number of nitrogens with two attached hydrogens (primary N) is 1. The monoisotopic (exact) mass is 362 g/mol. The molecule has 21 heavy (non-hydrogen) atoms. The van der Waals surface area contributed by atoms with Crippen LogP contribution in [0.2, 0.25) is 0 Å². The van der Waals surface area contributed by atoms with Gasteiger partial charge in [-0.1, -0.05) is 6.07 Å². The normalized spacial score (nSPS) is 13.2. The molecule has 0 radical (unpaired) electrons. The van der Waals surface area contributed by atoms with Crippen molar-refractivity contribution in [2.45, 2.75) is 11.8 Å². The molecule has 112 valence electrons. The second kappa shape index (κ2) is 6.11. The largest absolute Gasteiger partial charge is 0.330 e. The molecule has 0 bridgehead atoms. The number of pyridine rings is 1. The van der Waals surface area contributed by atoms with Gasteiger partial charge in [-0.3, -0.25) is 4.98 Å². The van der Waals surface area contributed by atoms with Gasteiger partial charge in [-0.15, -0.1) is 0 Å². The van der Waals surface area contributed by atoms with Crippen molar-refractivity contribution in [2.24, 2.45) is 5.73 Å². The molecule has 1 atom stereocenters. The van der Waals surface area contributed by atoms with Crippen LogP contribution in [0.3, 0.4) is 0 Å². The highest BCUT2D eigenvalue weighted by Crippen LogP contribution is 2.41. The first-order valence-corrected chi connectivity index (χ1v) is 6.80. The number of halogens is 5. The molecule has 1 heterocycles. The Morgan fingerprint density at radius 3 is 2.43 bits per heavy atom. The fourth-order valence-electron chi connectivity index (χ4n) is 2.01. The van der Waals surface area contributed by atoms with E-state index in [1.165, 1.54) is 12.3 Å². The molecule has 2 nitrogen and oxygen atoms in total. The lowest BCUT2D eigenvalue weighted by Gasteiger charge is -2.26. The molecule has 0 saturated carbocycles. The number of benzene rings is 1. The Bertz CT molecular complexity index is 631. The maximum atomic E-state index is 14.5. The predicted octanol–water partition coefficient (Wildman–Crippen LogP) is 3.96. The van der Waals surface area contributed by atoms with Crippen molar-refractivity contribution in [3.63, 3.8) is 0 Å². The minimum atomic E-state index is -3.48. The number of hydrogen-bond donors (Lipinski definition) is 1. The molecule has 2 aromatic rings. The van der Waals surface area contributed by atoms with Gasteiger partial charge in [-0.05, 0) is 39.7 Å². The van der Waals surface area contributed by atoms with E-state index < -0.39 is 35.7 Å². The number of rotatable bonds is 4. The summed E-state index contributed by atoms with van der Waals surface area (Å²) in [6.45, 7) is -0.507. The van der Waals surface area contributed by atoms with Crippen LogP contribution in [-0.2, 0) is 5.92 Å². The number of hydrogen-bond acceptors (Lipinski definition) is 2. The van der Waals surface area contributed by atoms with Crippen molar-refractivity contribution in [3.05, 3.63) is 63.9 Å². The minimum absolute atomic E-state index is 0.339. The maximum Gasteiger partial charge on any atom is 0.297 e. The van der Waals surface area contributed by atoms with Crippen LogP contribution < -0.4 is 5.73 Å². The van der Waals surface area contributed by atoms with E-state index in [-0.39, 0.29) is 5.56 Å². The van der Waals surface area contributed by atoms with Gasteiger partial charge in [0.2, 0.25) is 0 Å². The van der Waals surface area contributed by atoms with Crippen molar-refractivity contribution >= 4 is 15.9 Å². The van der Waals surface area contributed by atoms with Crippen LogP contribution in [0.5, 0.6) is 0 Å². The van der Waals surface area contributed by atoms with E-state index in [1.807, 2.05) is 0 Å². The van der Waals surface area contributed by atoms with Gasteiger partial charge in [0, 0.05) is 23.3 Å². The van der Waals surface area contributed by atoms with Crippen LogP contribution >= 0.6 is 15.9 Å². The Balaban J connectivity index is 2.45. The quantitative estimate of drug-likeness (QED) is 0.836. The van der Waals surface area contributed by atoms with Crippen molar-refractivity contribution < 1.29 is 17.6 Å². The van der Waals surface area contributed by atoms with E-state index in [9.17, 15) is 17.6 Å². The fourth-order valence-corrected chi connectivity index (χ4v) is 2.24. The zero-order valence-electron chi connectivity index (χ0n) is 10.7. The first kappa shape index (κ1) is 15.9. The average Bonchev–Trinajstić information content (AvgIpc) is 2.42. The molecule has 7 heteroatoms. The lowest BCUT2D eigenvalue weighted by molar-refractivity contribution is -0.0366. The van der Waals surface area contributed by atoms with Crippen LogP contribution in [0.4, 0.5) is 17.6 Å². The second-order valence-electron chi connectivity index (χ2n) is 4.44. The molecule has 0 aliphatic carbocycles. The minimum Gasteiger partial charge on any atom is -0.330 e. The maximum absolute atomic E-state index is 14.5. The SMILES string of the molecule is NCC(c1ccc(F)cc1F)C(F)(F)c1ccc(Br)cn1. The third-order valence-corrected chi connectivity index (χ3v) is 3.55. The lowest BCUT2D eigenvalue weighted by atomic mass is 9.90. The van der Waals surface area contributed by atoms with Crippen molar-refractivity contribution in [2.75, 3.05) is 6.54 Å². The zero-order chi connectivity index (χ0) is 15.6. The number of alkyl halides is 2. The van der Waals surface area contributed by atoms with Crippen LogP contribution in [0.25, 0.3) is 0 Å². The number of aromatic nitrogens is 1. The first-order valence-electron chi connectivity index (χ1n) is 6.01. The molecular weight excluding hydrogens is 352 g/mol. The van der Waals surface area contributed by atoms with Gasteiger partial charge in [0.25, 0.3) is 5.92 Å². The van der Waals surface area contributed by atoms with Crippen LogP contribution in [-0.4, -0.2) is 11.5 Å². The zero-order valence-corrected chi connectivity index (χ0v) is 12.2. The summed E-state index contributed by atoms with van der Waals surface area (Å²) in [7, 11) is 0. The van der Waals surface area contributed by atoms with E-state index in [0.717, 1.165) is 18.2 Å². The van der Waals surface area contributed by atoms with E-state index >= 15 is 0 Å². The summed E-state index contributed by atoms with van der Waals surface area (Å²) in [6, 6.07) is 5.00. The predicted molar refractivity (Wildman–Crippen MR) is 74.0 cm³/mol. The highest BCUT2D eigenvalue weighted by atomic mass is 79.9. The Hall–Kier alpha value is -1.47. The summed E-state index contributed by atoms with van der Waals surface area (Å²) in [6.07, 6.45) is 1.22. The Morgan fingerprint density at radius 2 is 1.90 bits per heavy atom. The summed E-state index contributed by atoms with van der Waals surface area (Å²) in [5.74, 6) is -7.00. The highest BCUT2D eigenvalue weighted by molar-refractivity contribution is 9.10. The van der Waals surface area contributed by atoms with Gasteiger partial charge in [0.05, 0.1) is 5.92 Å². The van der Waals surface area contributed by atoms with Crippen molar-refractivity contribution in [1.29, 1.82) is 0 Å². The van der Waals surface area contributed by atoms with Gasteiger partial charge in [-0.2, -0.15) is 8.78 Å². The fraction of sp³-hybridized carbons (Fsp3) is 0.214. The molecule has 1 unspecified atom stereocenters. The lowest BCUT2D eigenvalue weighted by Crippen LogP contribution is -2.31. The molecule has 0 aliphatic rings. The standard InChI is InChI=1S/C14H11BrF4N2/c15-8-1-4-13(21-7-8)14(18,19)11(6-20)10-3-2-9(16)5-12(10)17/h1-5,7,11H,6,20H2. The molecule has 0 amide bonds. The molecule has 2 N–H and O–H groups in total. The van der Waals surface area contributed by atoms with E-state index in [1.54, 1.807) is 0 Å². The molecule has 0 fully saturated rings. The van der Waals surface area contributed by atoms with Crippen LogP contribution in [0.1, 0.15) is 17.2 Å². The molecule has 1 aromatic heterocycles. The van der Waals surface area contributed by atoms with E-state index in [2.05, 4.69) is 20.9 Å². The van der Waals surface area contributed by atoms with Gasteiger partial charge >= 0.3 is 0 Å². The summed E-state index contributed by atoms with van der Waals surface area (Å²) in [4.78, 5) is 3.64. The highest BCUT2D eigenvalue weighted by Gasteiger charge is 2.44. The van der Waals surface area contributed by atoms with Crippen molar-refractivity contribution in [1.82, 2.24) is 4.98 Å². The van der Waals surface area contributed by atoms with Gasteiger partial charge < -0.3 is 5.73 Å². The molecular formula is C14H11BrF4N2. The molecule has 2 rings (SSSR count). The van der Waals surface area contributed by atoms with Crippen molar-refractivity contribution in [3.8, 4) is 0 Å². The summed E-state index contributed by atoms with van der Waals surface area (Å²) in [5.41, 5.74) is 4.53. The summed E-state index contributed by atoms with van der Waals surface area (Å²) in [5, 5.41) is 0. The smallest absolute Gasteiger partial charge is 0.297 e.